The molecule has 0 radical (unpaired) electrons. The molecule has 80 heavy (non-hydrogen) atoms. The Bertz CT molecular complexity index is 3740. The van der Waals surface area contributed by atoms with Crippen molar-refractivity contribution in [1.29, 1.82) is 0 Å². The van der Waals surface area contributed by atoms with E-state index in [0.717, 1.165) is 88.0 Å². The highest BCUT2D eigenvalue weighted by molar-refractivity contribution is 9.10. The maximum Gasteiger partial charge on any atom is 0.494 e. The van der Waals surface area contributed by atoms with Crippen LogP contribution in [-0.2, 0) is 22.5 Å². The number of nitrogens with one attached hydrogen (secondary N) is 2. The van der Waals surface area contributed by atoms with Crippen LogP contribution in [0.3, 0.4) is 0 Å². The summed E-state index contributed by atoms with van der Waals surface area (Å²) in [4.78, 5) is 27.0. The molecule has 1 saturated heterocycles. The number of nitrogens with zero attached hydrogens (tertiary/aromatic N) is 6. The van der Waals surface area contributed by atoms with Crippen molar-refractivity contribution in [3.05, 3.63) is 208 Å². The average Bonchev–Trinajstić information content (AvgIpc) is 3.71. The van der Waals surface area contributed by atoms with Crippen molar-refractivity contribution >= 4 is 73.6 Å². The summed E-state index contributed by atoms with van der Waals surface area (Å²) in [6.45, 7) is 17.3. The van der Waals surface area contributed by atoms with Crippen LogP contribution in [0.2, 0.25) is 0 Å². The largest absolute Gasteiger partial charge is 0.497 e. The molecule has 1 fully saturated rings. The lowest BCUT2D eigenvalue weighted by Gasteiger charge is -2.32. The molecule has 11 rings (SSSR count). The molecule has 0 saturated carbocycles. The van der Waals surface area contributed by atoms with Gasteiger partial charge in [0.05, 0.1) is 40.9 Å². The summed E-state index contributed by atoms with van der Waals surface area (Å²) in [7, 11) is 2.92. The van der Waals surface area contributed by atoms with Gasteiger partial charge in [-0.2, -0.15) is 0 Å². The second-order valence-corrected chi connectivity index (χ2v) is 21.2. The number of anilines is 4. The quantitative estimate of drug-likeness (QED) is 0.0991. The molecule has 0 amide bonds. The predicted octanol–water partition coefficient (Wildman–Crippen LogP) is 14.4. The molecule has 2 N–H and O–H groups in total. The highest BCUT2D eigenvalue weighted by Crippen LogP contribution is 2.37. The van der Waals surface area contributed by atoms with E-state index in [0.29, 0.717) is 36.9 Å². The van der Waals surface area contributed by atoms with Gasteiger partial charge in [-0.3, -0.25) is 0 Å². The molecule has 0 atom stereocenters. The molecule has 406 valence electrons. The number of aromatic nitrogens is 6. The van der Waals surface area contributed by atoms with Gasteiger partial charge in [0.2, 0.25) is 23.7 Å². The van der Waals surface area contributed by atoms with Crippen LogP contribution in [0, 0.1) is 27.7 Å². The Labute approximate surface area is 476 Å². The van der Waals surface area contributed by atoms with Gasteiger partial charge in [-0.25, -0.2) is 29.9 Å². The van der Waals surface area contributed by atoms with Gasteiger partial charge in [0.25, 0.3) is 0 Å². The Balaban J connectivity index is 0.000000153. The number of rotatable bonds is 14. The van der Waals surface area contributed by atoms with Crippen molar-refractivity contribution in [2.24, 2.45) is 0 Å². The summed E-state index contributed by atoms with van der Waals surface area (Å²) in [6.07, 6.45) is 7.18. The fourth-order valence-electron chi connectivity index (χ4n) is 8.55. The first kappa shape index (κ1) is 56.3. The van der Waals surface area contributed by atoms with E-state index in [-0.39, 0.29) is 18.3 Å². The van der Waals surface area contributed by atoms with E-state index in [4.69, 9.17) is 33.2 Å². The highest BCUT2D eigenvalue weighted by Gasteiger charge is 2.51. The topological polar surface area (TPSA) is 157 Å². The number of benzene rings is 6. The fourth-order valence-corrected chi connectivity index (χ4v) is 8.90. The van der Waals surface area contributed by atoms with E-state index < -0.39 is 0 Å². The minimum atomic E-state index is -0.385. The van der Waals surface area contributed by atoms with Gasteiger partial charge < -0.3 is 38.9 Å². The third-order valence-corrected chi connectivity index (χ3v) is 14.8. The lowest BCUT2D eigenvalue weighted by atomic mass is 9.78. The molecule has 0 aliphatic carbocycles. The van der Waals surface area contributed by atoms with Gasteiger partial charge >= 0.3 is 7.12 Å². The predicted molar refractivity (Wildman–Crippen MR) is 323 cm³/mol. The number of hydrogen-bond donors (Lipinski definition) is 2. The maximum atomic E-state index is 6.15. The molecule has 0 unspecified atom stereocenters. The van der Waals surface area contributed by atoms with Crippen molar-refractivity contribution in [2.45, 2.75) is 79.8 Å². The van der Waals surface area contributed by atoms with Crippen LogP contribution in [0.25, 0.3) is 32.9 Å². The Morgan fingerprint density at radius 1 is 0.525 bits per heavy atom. The minimum Gasteiger partial charge on any atom is -0.497 e. The molecular weight excluding hydrogens is 1070 g/mol. The minimum absolute atomic E-state index is 0.356. The number of aryl methyl sites for hydroxylation is 4. The smallest absolute Gasteiger partial charge is 0.494 e. The molecule has 14 nitrogen and oxygen atoms in total. The number of methoxy groups -OCH3 is 2. The second-order valence-electron chi connectivity index (χ2n) is 20.4. The van der Waals surface area contributed by atoms with Crippen molar-refractivity contribution in [3.63, 3.8) is 0 Å². The molecule has 1 aliphatic rings. The molecule has 16 heteroatoms. The van der Waals surface area contributed by atoms with Gasteiger partial charge in [-0.15, -0.1) is 0 Å². The van der Waals surface area contributed by atoms with Crippen LogP contribution < -0.4 is 35.0 Å². The molecule has 0 bridgehead atoms. The zero-order chi connectivity index (χ0) is 56.4. The Morgan fingerprint density at radius 3 is 1.54 bits per heavy atom. The fraction of sp³-hybridized carbons (Fsp3) is 0.219. The summed E-state index contributed by atoms with van der Waals surface area (Å²) in [5.41, 5.74) is 12.6. The van der Waals surface area contributed by atoms with Crippen LogP contribution >= 0.6 is 15.9 Å². The molecule has 6 aromatic carbocycles. The van der Waals surface area contributed by atoms with Crippen LogP contribution in [0.15, 0.2) is 175 Å². The lowest BCUT2D eigenvalue weighted by Crippen LogP contribution is -2.41. The van der Waals surface area contributed by atoms with Crippen LogP contribution in [0.1, 0.15) is 61.1 Å². The zero-order valence-corrected chi connectivity index (χ0v) is 48.3. The standard InChI is InChI=1S/C29H26N4O2.C21H24BN3O2.C14H14BrNO2/c1-19-5-4-6-24(15-19)32-29-31-17-23-16-22(9-12-26(23)33-29)27-20(2)13-14-30-28(27)35-18-21-7-10-25(34-3)11-8-21;1-14-7-6-8-17(11-14)24-19-23-13-15-12-16(9-10-18(15)25-19)22-26-20(2,3)21(4,5)27-22;1-10-7-8-16-14(13(10)15)18-9-11-3-5-12(17-2)6-4-11/h4-17H,18H2,1-3H3,(H,31,32,33);6-13H,1-5H3,(H,23,24,25);3-8H,9H2,1-2H3. The van der Waals surface area contributed by atoms with Gasteiger partial charge in [0, 0.05) is 52.5 Å². The number of fused-ring (bicyclic) bond motifs is 2. The SMILES string of the molecule is COc1ccc(COc2nccc(C)c2-c2ccc3nc(Nc4cccc(C)c4)ncc3c2)cc1.COc1ccc(COc2nccc(C)c2Br)cc1.Cc1cccc(Nc2ncc3cc(B4OC(C)(C)C(C)(C)O4)ccc3n2)c1. The van der Waals surface area contributed by atoms with E-state index in [1.165, 1.54) is 11.1 Å². The maximum absolute atomic E-state index is 6.15. The molecular formula is C64H64BBrN8O6. The summed E-state index contributed by atoms with van der Waals surface area (Å²) in [6, 6.07) is 48.0. The molecule has 5 heterocycles. The molecule has 4 aromatic heterocycles. The molecule has 1 aliphatic heterocycles. The first-order valence-corrected chi connectivity index (χ1v) is 27.0. The van der Waals surface area contributed by atoms with Gasteiger partial charge in [-0.05, 0) is 195 Å². The van der Waals surface area contributed by atoms with Crippen molar-refractivity contribution in [3.8, 4) is 34.4 Å². The van der Waals surface area contributed by atoms with E-state index in [9.17, 15) is 0 Å². The van der Waals surface area contributed by atoms with E-state index in [1.807, 2.05) is 129 Å². The Kier molecular flexibility index (Phi) is 17.7. The number of pyridine rings is 2. The summed E-state index contributed by atoms with van der Waals surface area (Å²) in [5, 5.41) is 8.44. The summed E-state index contributed by atoms with van der Waals surface area (Å²) >= 11 is 3.47. The van der Waals surface area contributed by atoms with Crippen molar-refractivity contribution in [1.82, 2.24) is 29.9 Å². The zero-order valence-electron chi connectivity index (χ0n) is 46.7. The summed E-state index contributed by atoms with van der Waals surface area (Å²) in [5.74, 6) is 4.02. The number of hydrogen-bond acceptors (Lipinski definition) is 14. The third-order valence-electron chi connectivity index (χ3n) is 13.8. The normalized spacial score (nSPS) is 13.1. The second kappa shape index (κ2) is 25.1. The van der Waals surface area contributed by atoms with E-state index >= 15 is 0 Å². The van der Waals surface area contributed by atoms with Gasteiger partial charge in [0.1, 0.15) is 24.7 Å². The number of ether oxygens (including phenoxy) is 4. The first-order valence-electron chi connectivity index (χ1n) is 26.2. The summed E-state index contributed by atoms with van der Waals surface area (Å²) < 4.78 is 35.3. The van der Waals surface area contributed by atoms with Gasteiger partial charge in [-0.1, -0.05) is 66.7 Å². The first-order chi connectivity index (χ1) is 38.5. The van der Waals surface area contributed by atoms with Crippen LogP contribution in [0.5, 0.6) is 23.3 Å². The van der Waals surface area contributed by atoms with Crippen molar-refractivity contribution in [2.75, 3.05) is 24.9 Å². The monoisotopic (exact) mass is 1130 g/mol. The Hall–Kier alpha value is -8.44. The average molecular weight is 1130 g/mol. The van der Waals surface area contributed by atoms with Crippen LogP contribution in [0.4, 0.5) is 23.3 Å². The Morgan fingerprint density at radius 2 is 1.01 bits per heavy atom. The molecule has 0 spiro atoms. The lowest BCUT2D eigenvalue weighted by molar-refractivity contribution is 0.00578. The van der Waals surface area contributed by atoms with E-state index in [1.54, 1.807) is 26.6 Å². The molecule has 10 aromatic rings. The number of halogens is 1. The van der Waals surface area contributed by atoms with Gasteiger partial charge in [0.15, 0.2) is 0 Å². The third kappa shape index (κ3) is 14.1. The highest BCUT2D eigenvalue weighted by atomic mass is 79.9. The van der Waals surface area contributed by atoms with E-state index in [2.05, 4.69) is 136 Å². The van der Waals surface area contributed by atoms with Crippen LogP contribution in [-0.4, -0.2) is 62.4 Å². The van der Waals surface area contributed by atoms with Crippen molar-refractivity contribution < 1.29 is 28.3 Å².